The van der Waals surface area contributed by atoms with Crippen molar-refractivity contribution in [2.75, 3.05) is 19.8 Å². The summed E-state index contributed by atoms with van der Waals surface area (Å²) in [5.41, 5.74) is 6.24. The molecule has 3 aromatic carbocycles. The van der Waals surface area contributed by atoms with Gasteiger partial charge in [0.25, 0.3) is 0 Å². The first-order chi connectivity index (χ1) is 17.0. The van der Waals surface area contributed by atoms with Crippen LogP contribution in [-0.2, 0) is 9.53 Å². The molecule has 4 rings (SSSR count). The molecule has 0 spiro atoms. The number of hydrogen-bond acceptors (Lipinski definition) is 7. The summed E-state index contributed by atoms with van der Waals surface area (Å²) in [5, 5.41) is 2.54. The third kappa shape index (κ3) is 6.50. The summed E-state index contributed by atoms with van der Waals surface area (Å²) < 4.78 is 21.9. The molecule has 180 valence electrons. The van der Waals surface area contributed by atoms with E-state index in [0.717, 1.165) is 0 Å². The van der Waals surface area contributed by atoms with Gasteiger partial charge in [-0.25, -0.2) is 4.79 Å². The first-order valence-corrected chi connectivity index (χ1v) is 11.0. The number of para-hydroxylation sites is 1. The molecular formula is C26H24N2O7. The largest absolute Gasteiger partial charge is 0.486 e. The quantitative estimate of drug-likeness (QED) is 0.356. The summed E-state index contributed by atoms with van der Waals surface area (Å²) >= 11 is 0. The molecule has 1 heterocycles. The van der Waals surface area contributed by atoms with Crippen LogP contribution in [0.2, 0.25) is 0 Å². The number of carbonyl (C=O) groups is 3. The van der Waals surface area contributed by atoms with Gasteiger partial charge in [-0.3, -0.25) is 9.59 Å². The summed E-state index contributed by atoms with van der Waals surface area (Å²) in [4.78, 5) is 36.6. The number of benzene rings is 3. The van der Waals surface area contributed by atoms with Gasteiger partial charge in [0.05, 0.1) is 12.5 Å². The minimum atomic E-state index is -0.801. The number of nitrogens with two attached hydrogens (primary N) is 1. The molecule has 0 aliphatic carbocycles. The molecule has 3 N–H and O–H groups in total. The Morgan fingerprint density at radius 1 is 0.886 bits per heavy atom. The highest BCUT2D eigenvalue weighted by Gasteiger charge is 2.21. The molecule has 1 atom stereocenters. The Bertz CT molecular complexity index is 1210. The Kier molecular flexibility index (Phi) is 7.47. The van der Waals surface area contributed by atoms with Gasteiger partial charge in [-0.15, -0.1) is 0 Å². The lowest BCUT2D eigenvalue weighted by molar-refractivity contribution is -0.143. The summed E-state index contributed by atoms with van der Waals surface area (Å²) in [5.74, 6) is 1.12. The van der Waals surface area contributed by atoms with Gasteiger partial charge in [-0.2, -0.15) is 0 Å². The minimum Gasteiger partial charge on any atom is -0.486 e. The summed E-state index contributed by atoms with van der Waals surface area (Å²) in [7, 11) is 0. The van der Waals surface area contributed by atoms with E-state index < -0.39 is 30.4 Å². The van der Waals surface area contributed by atoms with E-state index in [9.17, 15) is 14.4 Å². The molecule has 1 aliphatic rings. The average molecular weight is 476 g/mol. The van der Waals surface area contributed by atoms with Crippen molar-refractivity contribution in [1.29, 1.82) is 0 Å². The average Bonchev–Trinajstić information content (AvgIpc) is 2.87. The molecule has 35 heavy (non-hydrogen) atoms. The monoisotopic (exact) mass is 476 g/mol. The number of urea groups is 1. The minimum absolute atomic E-state index is 0.230. The molecule has 0 saturated carbocycles. The predicted molar refractivity (Wildman–Crippen MR) is 126 cm³/mol. The second kappa shape index (κ2) is 11.1. The molecule has 9 nitrogen and oxygen atoms in total. The molecule has 0 radical (unpaired) electrons. The molecule has 2 amide bonds. The van der Waals surface area contributed by atoms with E-state index in [1.165, 1.54) is 0 Å². The summed E-state index contributed by atoms with van der Waals surface area (Å²) in [6.45, 7) is 0.379. The molecule has 1 unspecified atom stereocenters. The summed E-state index contributed by atoms with van der Waals surface area (Å²) in [6.07, 6.45) is -0.230. The van der Waals surface area contributed by atoms with Crippen LogP contribution in [0.15, 0.2) is 72.8 Å². The van der Waals surface area contributed by atoms with E-state index in [-0.39, 0.29) is 6.42 Å². The number of carbonyl (C=O) groups excluding carboxylic acids is 3. The van der Waals surface area contributed by atoms with Crippen LogP contribution in [-0.4, -0.2) is 37.6 Å². The molecule has 0 fully saturated rings. The van der Waals surface area contributed by atoms with Crippen LogP contribution in [0.4, 0.5) is 4.79 Å². The Morgan fingerprint density at radius 2 is 1.63 bits per heavy atom. The van der Waals surface area contributed by atoms with Crippen LogP contribution in [0.25, 0.3) is 0 Å². The fourth-order valence-corrected chi connectivity index (χ4v) is 3.52. The topological polar surface area (TPSA) is 126 Å². The Morgan fingerprint density at radius 3 is 2.40 bits per heavy atom. The SMILES string of the molecule is NC(=O)NC(CC(=O)OCC(=O)c1ccc2c(c1)OCCO2)c1cccc(Oc2ccccc2)c1. The third-order valence-corrected chi connectivity index (χ3v) is 5.16. The van der Waals surface area contributed by atoms with E-state index in [2.05, 4.69) is 5.32 Å². The highest BCUT2D eigenvalue weighted by Crippen LogP contribution is 2.31. The van der Waals surface area contributed by atoms with Crippen molar-refractivity contribution in [3.63, 3.8) is 0 Å². The second-order valence-electron chi connectivity index (χ2n) is 7.70. The van der Waals surface area contributed by atoms with Crippen molar-refractivity contribution in [2.45, 2.75) is 12.5 Å². The normalized spacial score (nSPS) is 12.8. The highest BCUT2D eigenvalue weighted by atomic mass is 16.6. The maximum atomic E-state index is 12.5. The zero-order chi connectivity index (χ0) is 24.6. The van der Waals surface area contributed by atoms with Gasteiger partial charge in [0.2, 0.25) is 0 Å². The number of ether oxygens (including phenoxy) is 4. The number of primary amides is 1. The van der Waals surface area contributed by atoms with Crippen LogP contribution in [0.5, 0.6) is 23.0 Å². The van der Waals surface area contributed by atoms with E-state index in [1.54, 1.807) is 42.5 Å². The lowest BCUT2D eigenvalue weighted by Crippen LogP contribution is -2.34. The number of ketones is 1. The Labute approximate surface area is 201 Å². The molecule has 0 aromatic heterocycles. The maximum Gasteiger partial charge on any atom is 0.312 e. The molecule has 1 aliphatic heterocycles. The highest BCUT2D eigenvalue weighted by molar-refractivity contribution is 5.98. The number of nitrogens with one attached hydrogen (secondary N) is 1. The zero-order valence-corrected chi connectivity index (χ0v) is 18.8. The van der Waals surface area contributed by atoms with Gasteiger partial charge in [0.15, 0.2) is 23.9 Å². The smallest absolute Gasteiger partial charge is 0.312 e. The molecule has 0 saturated heterocycles. The lowest BCUT2D eigenvalue weighted by atomic mass is 10.0. The zero-order valence-electron chi connectivity index (χ0n) is 18.8. The van der Waals surface area contributed by atoms with Crippen LogP contribution in [0.3, 0.4) is 0 Å². The van der Waals surface area contributed by atoms with Gasteiger partial charge in [0, 0.05) is 5.56 Å². The number of amides is 2. The first-order valence-electron chi connectivity index (χ1n) is 11.0. The van der Waals surface area contributed by atoms with Gasteiger partial charge in [-0.05, 0) is 48.0 Å². The number of Topliss-reactive ketones (excluding diaryl/α,β-unsaturated/α-hetero) is 1. The van der Waals surface area contributed by atoms with E-state index in [1.807, 2.05) is 30.3 Å². The van der Waals surface area contributed by atoms with E-state index in [4.69, 9.17) is 24.7 Å². The van der Waals surface area contributed by atoms with Crippen LogP contribution in [0.1, 0.15) is 28.4 Å². The Balaban J connectivity index is 1.38. The van der Waals surface area contributed by atoms with E-state index >= 15 is 0 Å². The number of hydrogen-bond donors (Lipinski definition) is 2. The van der Waals surface area contributed by atoms with Gasteiger partial charge >= 0.3 is 12.0 Å². The van der Waals surface area contributed by atoms with Crippen LogP contribution < -0.4 is 25.3 Å². The van der Waals surface area contributed by atoms with Gasteiger partial charge in [-0.1, -0.05) is 30.3 Å². The third-order valence-electron chi connectivity index (χ3n) is 5.16. The summed E-state index contributed by atoms with van der Waals surface area (Å²) in [6, 6.07) is 19.3. The molecule has 9 heteroatoms. The van der Waals surface area contributed by atoms with Crippen molar-refractivity contribution in [3.8, 4) is 23.0 Å². The standard InChI is InChI=1S/C26H24N2O7/c27-26(31)28-21(17-5-4-8-20(13-17)35-19-6-2-1-3-7-19)15-25(30)34-16-22(29)18-9-10-23-24(14-18)33-12-11-32-23/h1-10,13-14,21H,11-12,15-16H2,(H3,27,28,31). The molecular weight excluding hydrogens is 452 g/mol. The molecule has 0 bridgehead atoms. The van der Waals surface area contributed by atoms with Crippen molar-refractivity contribution >= 4 is 17.8 Å². The van der Waals surface area contributed by atoms with Crippen molar-refractivity contribution < 1.29 is 33.3 Å². The lowest BCUT2D eigenvalue weighted by Gasteiger charge is -2.19. The molecule has 3 aromatic rings. The van der Waals surface area contributed by atoms with E-state index in [0.29, 0.717) is 47.3 Å². The maximum absolute atomic E-state index is 12.5. The van der Waals surface area contributed by atoms with Crippen LogP contribution >= 0.6 is 0 Å². The van der Waals surface area contributed by atoms with Crippen molar-refractivity contribution in [1.82, 2.24) is 5.32 Å². The fraction of sp³-hybridized carbons (Fsp3) is 0.192. The first kappa shape index (κ1) is 23.6. The number of rotatable bonds is 9. The van der Waals surface area contributed by atoms with Crippen LogP contribution in [0, 0.1) is 0 Å². The number of esters is 1. The Hall–Kier alpha value is -4.53. The predicted octanol–water partition coefficient (Wildman–Crippen LogP) is 3.78. The second-order valence-corrected chi connectivity index (χ2v) is 7.70. The van der Waals surface area contributed by atoms with Gasteiger partial charge in [0.1, 0.15) is 24.7 Å². The van der Waals surface area contributed by atoms with Crippen molar-refractivity contribution in [3.05, 3.63) is 83.9 Å². The van der Waals surface area contributed by atoms with Crippen molar-refractivity contribution in [2.24, 2.45) is 5.73 Å². The van der Waals surface area contributed by atoms with Gasteiger partial charge < -0.3 is 30.0 Å². The fourth-order valence-electron chi connectivity index (χ4n) is 3.52. The number of fused-ring (bicyclic) bond motifs is 1.